The van der Waals surface area contributed by atoms with Gasteiger partial charge in [-0.2, -0.15) is 0 Å². The minimum atomic E-state index is 0.0537. The molecule has 29 heavy (non-hydrogen) atoms. The van der Waals surface area contributed by atoms with E-state index in [-0.39, 0.29) is 11.8 Å². The Morgan fingerprint density at radius 3 is 2.34 bits per heavy atom. The van der Waals surface area contributed by atoms with Crippen molar-refractivity contribution in [2.45, 2.75) is 46.0 Å². The molecule has 2 fully saturated rings. The highest BCUT2D eigenvalue weighted by Crippen LogP contribution is 2.26. The first-order valence-electron chi connectivity index (χ1n) is 10.7. The average molecular weight is 395 g/mol. The number of amides is 2. The quantitative estimate of drug-likeness (QED) is 0.802. The van der Waals surface area contributed by atoms with Crippen LogP contribution in [0.1, 0.15) is 53.8 Å². The van der Waals surface area contributed by atoms with Crippen molar-refractivity contribution < 1.29 is 9.59 Å². The molecule has 0 aromatic carbocycles. The lowest BCUT2D eigenvalue weighted by Crippen LogP contribution is -2.52. The minimum absolute atomic E-state index is 0.0537. The third-order valence-electron chi connectivity index (χ3n) is 6.40. The largest absolute Gasteiger partial charge is 0.339 e. The molecule has 1 aliphatic carbocycles. The van der Waals surface area contributed by atoms with Crippen LogP contribution in [0.25, 0.3) is 5.69 Å². The second-order valence-corrected chi connectivity index (χ2v) is 8.28. The van der Waals surface area contributed by atoms with Gasteiger partial charge in [0.2, 0.25) is 5.91 Å². The first-order valence-corrected chi connectivity index (χ1v) is 10.7. The summed E-state index contributed by atoms with van der Waals surface area (Å²) in [6, 6.07) is 5.86. The van der Waals surface area contributed by atoms with Crippen molar-refractivity contribution in [3.63, 3.8) is 0 Å². The van der Waals surface area contributed by atoms with Gasteiger partial charge in [-0.05, 0) is 44.9 Å². The molecule has 0 atom stereocenters. The summed E-state index contributed by atoms with van der Waals surface area (Å²) in [6.07, 6.45) is 9.20. The second-order valence-electron chi connectivity index (χ2n) is 8.28. The number of hydrogen-bond acceptors (Lipinski definition) is 3. The van der Waals surface area contributed by atoms with Crippen molar-refractivity contribution in [2.24, 2.45) is 5.92 Å². The van der Waals surface area contributed by atoms with Gasteiger partial charge in [0.05, 0.1) is 17.4 Å². The highest BCUT2D eigenvalue weighted by atomic mass is 16.2. The molecule has 6 nitrogen and oxygen atoms in total. The van der Waals surface area contributed by atoms with E-state index in [4.69, 9.17) is 0 Å². The number of hydrogen-bond donors (Lipinski definition) is 0. The van der Waals surface area contributed by atoms with E-state index in [1.165, 1.54) is 19.3 Å². The Kier molecular flexibility index (Phi) is 5.69. The van der Waals surface area contributed by atoms with Crippen molar-refractivity contribution in [2.75, 3.05) is 26.2 Å². The molecular weight excluding hydrogens is 364 g/mol. The Balaban J connectivity index is 1.43. The lowest BCUT2D eigenvalue weighted by atomic mass is 9.88. The summed E-state index contributed by atoms with van der Waals surface area (Å²) in [5, 5.41) is 0. The van der Waals surface area contributed by atoms with Crippen LogP contribution in [0.4, 0.5) is 0 Å². The Labute approximate surface area is 172 Å². The van der Waals surface area contributed by atoms with E-state index in [0.717, 1.165) is 35.5 Å². The maximum absolute atomic E-state index is 13.2. The van der Waals surface area contributed by atoms with Crippen LogP contribution in [0.2, 0.25) is 0 Å². The Morgan fingerprint density at radius 2 is 1.69 bits per heavy atom. The fourth-order valence-electron chi connectivity index (χ4n) is 4.77. The zero-order valence-corrected chi connectivity index (χ0v) is 17.4. The SMILES string of the molecule is Cc1cc(C(=O)N2CCN(C(=O)C3CCCCC3)CC2)c(C)n1-c1cccnc1. The summed E-state index contributed by atoms with van der Waals surface area (Å²) >= 11 is 0. The fraction of sp³-hybridized carbons (Fsp3) is 0.522. The van der Waals surface area contributed by atoms with Gasteiger partial charge in [-0.25, -0.2) is 0 Å². The van der Waals surface area contributed by atoms with Gasteiger partial charge in [0, 0.05) is 49.7 Å². The standard InChI is InChI=1S/C23H30N4O2/c1-17-15-21(18(2)27(17)20-9-6-10-24-16-20)23(29)26-13-11-25(12-14-26)22(28)19-7-4-3-5-8-19/h6,9-10,15-16,19H,3-5,7-8,11-14H2,1-2H3. The van der Waals surface area contributed by atoms with E-state index in [1.807, 2.05) is 48.0 Å². The third-order valence-corrected chi connectivity index (χ3v) is 6.40. The van der Waals surface area contributed by atoms with Crippen LogP contribution in [0.15, 0.2) is 30.6 Å². The highest BCUT2D eigenvalue weighted by Gasteiger charge is 2.31. The van der Waals surface area contributed by atoms with E-state index in [0.29, 0.717) is 32.1 Å². The molecule has 0 N–H and O–H groups in total. The number of aromatic nitrogens is 2. The van der Waals surface area contributed by atoms with E-state index in [9.17, 15) is 9.59 Å². The number of pyridine rings is 1. The van der Waals surface area contributed by atoms with Crippen molar-refractivity contribution in [3.05, 3.63) is 47.5 Å². The van der Waals surface area contributed by atoms with Gasteiger partial charge in [-0.3, -0.25) is 14.6 Å². The van der Waals surface area contributed by atoms with Crippen molar-refractivity contribution in [1.82, 2.24) is 19.4 Å². The number of nitrogens with zero attached hydrogens (tertiary/aromatic N) is 4. The van der Waals surface area contributed by atoms with Gasteiger partial charge >= 0.3 is 0 Å². The van der Waals surface area contributed by atoms with Gasteiger partial charge in [-0.15, -0.1) is 0 Å². The predicted molar refractivity (Wildman–Crippen MR) is 112 cm³/mol. The van der Waals surface area contributed by atoms with Gasteiger partial charge in [0.1, 0.15) is 0 Å². The maximum atomic E-state index is 13.2. The maximum Gasteiger partial charge on any atom is 0.255 e. The number of rotatable bonds is 3. The molecule has 6 heteroatoms. The zero-order valence-electron chi connectivity index (χ0n) is 17.4. The van der Waals surface area contributed by atoms with Gasteiger partial charge in [0.15, 0.2) is 0 Å². The van der Waals surface area contributed by atoms with Crippen molar-refractivity contribution in [3.8, 4) is 5.69 Å². The van der Waals surface area contributed by atoms with Crippen LogP contribution >= 0.6 is 0 Å². The zero-order chi connectivity index (χ0) is 20.4. The Hall–Kier alpha value is -2.63. The number of piperazine rings is 1. The molecular formula is C23H30N4O2. The van der Waals surface area contributed by atoms with Crippen molar-refractivity contribution in [1.29, 1.82) is 0 Å². The number of carbonyl (C=O) groups excluding carboxylic acids is 2. The molecule has 3 heterocycles. The Morgan fingerprint density at radius 1 is 1.00 bits per heavy atom. The van der Waals surface area contributed by atoms with E-state index >= 15 is 0 Å². The minimum Gasteiger partial charge on any atom is -0.339 e. The van der Waals surface area contributed by atoms with Crippen LogP contribution in [0.5, 0.6) is 0 Å². The normalized spacial score (nSPS) is 18.1. The molecule has 154 valence electrons. The van der Waals surface area contributed by atoms with E-state index < -0.39 is 0 Å². The van der Waals surface area contributed by atoms with Crippen LogP contribution in [0, 0.1) is 19.8 Å². The molecule has 4 rings (SSSR count). The molecule has 0 unspecified atom stereocenters. The monoisotopic (exact) mass is 394 g/mol. The molecule has 2 amide bonds. The second kappa shape index (κ2) is 8.39. The summed E-state index contributed by atoms with van der Waals surface area (Å²) in [4.78, 5) is 34.0. The summed E-state index contributed by atoms with van der Waals surface area (Å²) in [7, 11) is 0. The summed E-state index contributed by atoms with van der Waals surface area (Å²) in [6.45, 7) is 6.49. The molecule has 2 aromatic heterocycles. The molecule has 2 aromatic rings. The topological polar surface area (TPSA) is 58.4 Å². The Bertz CT molecular complexity index is 876. The molecule has 1 saturated carbocycles. The van der Waals surface area contributed by atoms with Crippen LogP contribution in [0.3, 0.4) is 0 Å². The smallest absolute Gasteiger partial charge is 0.255 e. The first kappa shape index (κ1) is 19.7. The lowest BCUT2D eigenvalue weighted by Gasteiger charge is -2.37. The van der Waals surface area contributed by atoms with Gasteiger partial charge in [0.25, 0.3) is 5.91 Å². The summed E-state index contributed by atoms with van der Waals surface area (Å²) in [5.74, 6) is 0.550. The molecule has 0 radical (unpaired) electrons. The van der Waals surface area contributed by atoms with E-state index in [1.54, 1.807) is 6.20 Å². The predicted octanol–water partition coefficient (Wildman–Crippen LogP) is 3.35. The third kappa shape index (κ3) is 3.93. The fourth-order valence-corrected chi connectivity index (χ4v) is 4.77. The van der Waals surface area contributed by atoms with Crippen LogP contribution in [-0.4, -0.2) is 57.3 Å². The molecule has 2 aliphatic rings. The summed E-state index contributed by atoms with van der Waals surface area (Å²) < 4.78 is 2.07. The highest BCUT2D eigenvalue weighted by molar-refractivity contribution is 5.96. The average Bonchev–Trinajstić information content (AvgIpc) is 3.08. The van der Waals surface area contributed by atoms with E-state index in [2.05, 4.69) is 9.55 Å². The van der Waals surface area contributed by atoms with Crippen LogP contribution in [-0.2, 0) is 4.79 Å². The summed E-state index contributed by atoms with van der Waals surface area (Å²) in [5.41, 5.74) is 3.65. The lowest BCUT2D eigenvalue weighted by molar-refractivity contribution is -0.138. The van der Waals surface area contributed by atoms with Gasteiger partial charge < -0.3 is 14.4 Å². The number of aryl methyl sites for hydroxylation is 1. The number of carbonyl (C=O) groups is 2. The molecule has 1 saturated heterocycles. The van der Waals surface area contributed by atoms with Crippen molar-refractivity contribution >= 4 is 11.8 Å². The molecule has 0 bridgehead atoms. The van der Waals surface area contributed by atoms with Gasteiger partial charge in [-0.1, -0.05) is 19.3 Å². The van der Waals surface area contributed by atoms with Crippen LogP contribution < -0.4 is 0 Å². The molecule has 1 aliphatic heterocycles. The molecule has 0 spiro atoms. The first-order chi connectivity index (χ1) is 14.1.